The lowest BCUT2D eigenvalue weighted by molar-refractivity contribution is 0.0441. The summed E-state index contributed by atoms with van der Waals surface area (Å²) in [6.45, 7) is 2.22. The molecule has 1 atom stereocenters. The van der Waals surface area contributed by atoms with Gasteiger partial charge in [-0.3, -0.25) is 0 Å². The second kappa shape index (κ2) is 7.97. The van der Waals surface area contributed by atoms with Crippen molar-refractivity contribution in [3.05, 3.63) is 42.0 Å². The Labute approximate surface area is 115 Å². The third-order valence-corrected chi connectivity index (χ3v) is 3.17. The molecule has 2 rings (SSSR count). The van der Waals surface area contributed by atoms with Gasteiger partial charge in [-0.25, -0.2) is 0 Å². The van der Waals surface area contributed by atoms with Gasteiger partial charge >= 0.3 is 0 Å². The molecule has 0 N–H and O–H groups in total. The normalized spacial score (nSPS) is 19.1. The molecule has 0 saturated carbocycles. The maximum absolute atomic E-state index is 5.70. The number of methoxy groups -OCH3 is 1. The second-order valence-corrected chi connectivity index (χ2v) is 4.67. The quantitative estimate of drug-likeness (QED) is 0.581. The van der Waals surface area contributed by atoms with Gasteiger partial charge in [-0.15, -0.1) is 0 Å². The van der Waals surface area contributed by atoms with Crippen LogP contribution in [0.2, 0.25) is 0 Å². The van der Waals surface area contributed by atoms with Crippen LogP contribution in [0.25, 0.3) is 0 Å². The second-order valence-electron chi connectivity index (χ2n) is 4.67. The highest BCUT2D eigenvalue weighted by Crippen LogP contribution is 2.13. The van der Waals surface area contributed by atoms with Crippen LogP contribution in [0.4, 0.5) is 0 Å². The van der Waals surface area contributed by atoms with E-state index in [4.69, 9.17) is 14.2 Å². The van der Waals surface area contributed by atoms with Crippen LogP contribution in [0, 0.1) is 0 Å². The molecule has 0 saturated heterocycles. The molecule has 0 aromatic heterocycles. The van der Waals surface area contributed by atoms with Crippen molar-refractivity contribution in [3.8, 4) is 5.75 Å². The molecular weight excluding hydrogens is 240 g/mol. The highest BCUT2D eigenvalue weighted by Gasteiger charge is 2.07. The van der Waals surface area contributed by atoms with E-state index in [1.165, 1.54) is 0 Å². The molecule has 0 unspecified atom stereocenters. The van der Waals surface area contributed by atoms with E-state index in [1.54, 1.807) is 7.11 Å². The first-order chi connectivity index (χ1) is 9.38. The molecule has 0 spiro atoms. The zero-order chi connectivity index (χ0) is 13.3. The van der Waals surface area contributed by atoms with Crippen LogP contribution in [0.1, 0.15) is 24.8 Å². The molecular formula is C16H22O3. The van der Waals surface area contributed by atoms with Gasteiger partial charge in [-0.05, 0) is 30.5 Å². The van der Waals surface area contributed by atoms with Gasteiger partial charge in [-0.1, -0.05) is 24.3 Å². The summed E-state index contributed by atoms with van der Waals surface area (Å²) in [5.74, 6) is 0.876. The van der Waals surface area contributed by atoms with Gasteiger partial charge in [0.25, 0.3) is 0 Å². The standard InChI is InChI=1S/C16H22O3/c1-17-15-8-6-14(7-9-15)13-18-12-10-16-5-3-2-4-11-19-16/h3,5-9,16H,2,4,10-13H2,1H3/t16-/m1/s1. The van der Waals surface area contributed by atoms with E-state index >= 15 is 0 Å². The molecule has 1 aromatic carbocycles. The van der Waals surface area contributed by atoms with E-state index in [9.17, 15) is 0 Å². The maximum Gasteiger partial charge on any atom is 0.118 e. The lowest BCUT2D eigenvalue weighted by atomic mass is 10.2. The van der Waals surface area contributed by atoms with Crippen molar-refractivity contribution >= 4 is 0 Å². The van der Waals surface area contributed by atoms with Gasteiger partial charge in [-0.2, -0.15) is 0 Å². The molecule has 0 radical (unpaired) electrons. The molecule has 0 bridgehead atoms. The van der Waals surface area contributed by atoms with Crippen LogP contribution in [0.15, 0.2) is 36.4 Å². The van der Waals surface area contributed by atoms with E-state index in [2.05, 4.69) is 12.2 Å². The van der Waals surface area contributed by atoms with Crippen molar-refractivity contribution in [1.82, 2.24) is 0 Å². The Hall–Kier alpha value is -1.32. The Bertz CT molecular complexity index is 383. The van der Waals surface area contributed by atoms with Gasteiger partial charge < -0.3 is 14.2 Å². The molecule has 0 amide bonds. The first kappa shape index (κ1) is 14.1. The van der Waals surface area contributed by atoms with Crippen molar-refractivity contribution in [1.29, 1.82) is 0 Å². The average Bonchev–Trinajstić information content (AvgIpc) is 2.73. The molecule has 1 aliphatic heterocycles. The van der Waals surface area contributed by atoms with Gasteiger partial charge in [0.2, 0.25) is 0 Å². The van der Waals surface area contributed by atoms with E-state index in [0.717, 1.165) is 43.8 Å². The van der Waals surface area contributed by atoms with Crippen LogP contribution in [0.3, 0.4) is 0 Å². The summed E-state index contributed by atoms with van der Waals surface area (Å²) >= 11 is 0. The molecule has 0 aliphatic carbocycles. The SMILES string of the molecule is COc1ccc(COCC[C@H]2C=CCCCO2)cc1. The lowest BCUT2D eigenvalue weighted by Crippen LogP contribution is -2.12. The first-order valence-electron chi connectivity index (χ1n) is 6.87. The summed E-state index contributed by atoms with van der Waals surface area (Å²) in [4.78, 5) is 0. The van der Waals surface area contributed by atoms with E-state index in [-0.39, 0.29) is 6.10 Å². The number of ether oxygens (including phenoxy) is 3. The average molecular weight is 262 g/mol. The number of benzene rings is 1. The molecule has 3 nitrogen and oxygen atoms in total. The van der Waals surface area contributed by atoms with E-state index in [0.29, 0.717) is 6.61 Å². The Morgan fingerprint density at radius 1 is 1.26 bits per heavy atom. The highest BCUT2D eigenvalue weighted by molar-refractivity contribution is 5.26. The Kier molecular flexibility index (Phi) is 5.92. The van der Waals surface area contributed by atoms with Crippen molar-refractivity contribution in [2.45, 2.75) is 32.0 Å². The molecule has 1 aromatic rings. The zero-order valence-corrected chi connectivity index (χ0v) is 11.5. The zero-order valence-electron chi connectivity index (χ0n) is 11.5. The van der Waals surface area contributed by atoms with Gasteiger partial charge in [0.1, 0.15) is 5.75 Å². The molecule has 104 valence electrons. The number of rotatable bonds is 6. The smallest absolute Gasteiger partial charge is 0.118 e. The van der Waals surface area contributed by atoms with Gasteiger partial charge in [0.05, 0.1) is 19.8 Å². The van der Waals surface area contributed by atoms with Crippen molar-refractivity contribution in [2.75, 3.05) is 20.3 Å². The maximum atomic E-state index is 5.70. The fourth-order valence-corrected chi connectivity index (χ4v) is 2.03. The van der Waals surface area contributed by atoms with Gasteiger partial charge in [0.15, 0.2) is 0 Å². The van der Waals surface area contributed by atoms with Crippen molar-refractivity contribution in [2.24, 2.45) is 0 Å². The minimum Gasteiger partial charge on any atom is -0.497 e. The van der Waals surface area contributed by atoms with E-state index in [1.807, 2.05) is 24.3 Å². The molecule has 3 heteroatoms. The fourth-order valence-electron chi connectivity index (χ4n) is 2.03. The summed E-state index contributed by atoms with van der Waals surface area (Å²) in [6, 6.07) is 7.97. The van der Waals surface area contributed by atoms with Crippen molar-refractivity contribution < 1.29 is 14.2 Å². The highest BCUT2D eigenvalue weighted by atomic mass is 16.5. The Morgan fingerprint density at radius 2 is 2.11 bits per heavy atom. The predicted octanol–water partition coefficient (Wildman–Crippen LogP) is 3.34. The minimum atomic E-state index is 0.221. The molecule has 1 heterocycles. The number of allylic oxidation sites excluding steroid dienone is 1. The third-order valence-electron chi connectivity index (χ3n) is 3.17. The van der Waals surface area contributed by atoms with E-state index < -0.39 is 0 Å². The van der Waals surface area contributed by atoms with Crippen LogP contribution in [-0.2, 0) is 16.1 Å². The Morgan fingerprint density at radius 3 is 2.89 bits per heavy atom. The largest absolute Gasteiger partial charge is 0.497 e. The van der Waals surface area contributed by atoms with Crippen LogP contribution < -0.4 is 4.74 Å². The first-order valence-corrected chi connectivity index (χ1v) is 6.87. The monoisotopic (exact) mass is 262 g/mol. The summed E-state index contributed by atoms with van der Waals surface area (Å²) in [5, 5.41) is 0. The molecule has 19 heavy (non-hydrogen) atoms. The molecule has 0 fully saturated rings. The van der Waals surface area contributed by atoms with Crippen LogP contribution >= 0.6 is 0 Å². The third kappa shape index (κ3) is 5.05. The summed E-state index contributed by atoms with van der Waals surface area (Å²) in [6.07, 6.45) is 7.76. The summed E-state index contributed by atoms with van der Waals surface area (Å²) < 4.78 is 16.5. The van der Waals surface area contributed by atoms with Gasteiger partial charge in [0, 0.05) is 19.6 Å². The topological polar surface area (TPSA) is 27.7 Å². The Balaban J connectivity index is 1.65. The van der Waals surface area contributed by atoms with Crippen LogP contribution in [0.5, 0.6) is 5.75 Å². The lowest BCUT2D eigenvalue weighted by Gasteiger charge is -2.12. The minimum absolute atomic E-state index is 0.221. The fraction of sp³-hybridized carbons (Fsp3) is 0.500. The van der Waals surface area contributed by atoms with Crippen LogP contribution in [-0.4, -0.2) is 26.4 Å². The molecule has 1 aliphatic rings. The number of hydrogen-bond donors (Lipinski definition) is 0. The summed E-state index contributed by atoms with van der Waals surface area (Å²) in [5.41, 5.74) is 1.16. The van der Waals surface area contributed by atoms with Crippen molar-refractivity contribution in [3.63, 3.8) is 0 Å². The summed E-state index contributed by atoms with van der Waals surface area (Å²) in [7, 11) is 1.67. The number of hydrogen-bond acceptors (Lipinski definition) is 3. The predicted molar refractivity (Wildman–Crippen MR) is 75.4 cm³/mol.